The number of aromatic carboxylic acids is 1. The van der Waals surface area contributed by atoms with Crippen molar-refractivity contribution in [2.24, 2.45) is 0 Å². The molecule has 2 heterocycles. The van der Waals surface area contributed by atoms with Crippen LogP contribution in [-0.2, 0) is 0 Å². The van der Waals surface area contributed by atoms with E-state index in [1.807, 2.05) is 25.1 Å². The van der Waals surface area contributed by atoms with Gasteiger partial charge in [-0.15, -0.1) is 0 Å². The van der Waals surface area contributed by atoms with Crippen molar-refractivity contribution in [1.29, 1.82) is 0 Å². The third-order valence-corrected chi connectivity index (χ3v) is 3.24. The first kappa shape index (κ1) is 13.1. The van der Waals surface area contributed by atoms with Gasteiger partial charge < -0.3 is 9.63 Å². The quantitative estimate of drug-likeness (QED) is 0.795. The average Bonchev–Trinajstić information content (AvgIpc) is 2.93. The van der Waals surface area contributed by atoms with Crippen molar-refractivity contribution in [1.82, 2.24) is 10.1 Å². The van der Waals surface area contributed by atoms with Gasteiger partial charge in [-0.3, -0.25) is 4.98 Å². The number of benzene rings is 1. The SMILES string of the molecule is Cc1ccncc1-c1noc(-c2ccccc2)c1C(=O)O. The number of rotatable bonds is 3. The number of carboxylic acid groups (broad SMARTS) is 1. The standard InChI is InChI=1S/C16H12N2O3/c1-10-7-8-17-9-12(10)14-13(16(19)20)15(21-18-14)11-5-3-2-4-6-11/h2-9H,1H3,(H,19,20). The highest BCUT2D eigenvalue weighted by atomic mass is 16.5. The summed E-state index contributed by atoms with van der Waals surface area (Å²) in [6.45, 7) is 1.87. The van der Waals surface area contributed by atoms with E-state index in [0.717, 1.165) is 5.56 Å². The zero-order valence-electron chi connectivity index (χ0n) is 11.3. The lowest BCUT2D eigenvalue weighted by atomic mass is 10.0. The van der Waals surface area contributed by atoms with Crippen molar-refractivity contribution in [2.75, 3.05) is 0 Å². The van der Waals surface area contributed by atoms with Crippen molar-refractivity contribution in [2.45, 2.75) is 6.92 Å². The first-order chi connectivity index (χ1) is 10.2. The Bertz CT molecular complexity index is 794. The molecule has 0 atom stereocenters. The molecular weight excluding hydrogens is 268 g/mol. The third kappa shape index (κ3) is 2.29. The highest BCUT2D eigenvalue weighted by Gasteiger charge is 2.25. The Hall–Kier alpha value is -2.95. The van der Waals surface area contributed by atoms with Gasteiger partial charge in [0.2, 0.25) is 0 Å². The third-order valence-electron chi connectivity index (χ3n) is 3.24. The molecule has 2 aromatic heterocycles. The fraction of sp³-hybridized carbons (Fsp3) is 0.0625. The Kier molecular flexibility index (Phi) is 3.23. The van der Waals surface area contributed by atoms with E-state index in [0.29, 0.717) is 16.8 Å². The monoisotopic (exact) mass is 280 g/mol. The van der Waals surface area contributed by atoms with Gasteiger partial charge in [0, 0.05) is 23.5 Å². The maximum Gasteiger partial charge on any atom is 0.342 e. The normalized spacial score (nSPS) is 10.5. The predicted molar refractivity (Wildman–Crippen MR) is 76.9 cm³/mol. The molecule has 0 saturated heterocycles. The van der Waals surface area contributed by atoms with Crippen LogP contribution in [0.1, 0.15) is 15.9 Å². The summed E-state index contributed by atoms with van der Waals surface area (Å²) in [4.78, 5) is 15.7. The molecule has 3 rings (SSSR count). The molecule has 0 aliphatic heterocycles. The van der Waals surface area contributed by atoms with Gasteiger partial charge in [-0.2, -0.15) is 0 Å². The smallest absolute Gasteiger partial charge is 0.342 e. The van der Waals surface area contributed by atoms with E-state index in [2.05, 4.69) is 10.1 Å². The average molecular weight is 280 g/mol. The van der Waals surface area contributed by atoms with Crippen molar-refractivity contribution in [3.05, 3.63) is 59.9 Å². The van der Waals surface area contributed by atoms with E-state index >= 15 is 0 Å². The summed E-state index contributed by atoms with van der Waals surface area (Å²) in [6, 6.07) is 10.9. The number of carbonyl (C=O) groups is 1. The van der Waals surface area contributed by atoms with Crippen LogP contribution in [-0.4, -0.2) is 21.2 Å². The number of carboxylic acids is 1. The van der Waals surface area contributed by atoms with Crippen LogP contribution in [0.2, 0.25) is 0 Å². The number of aromatic nitrogens is 2. The molecule has 3 aromatic rings. The summed E-state index contributed by atoms with van der Waals surface area (Å²) >= 11 is 0. The summed E-state index contributed by atoms with van der Waals surface area (Å²) in [5.74, 6) is -0.824. The van der Waals surface area contributed by atoms with E-state index in [1.165, 1.54) is 0 Å². The van der Waals surface area contributed by atoms with Crippen molar-refractivity contribution in [3.8, 4) is 22.6 Å². The van der Waals surface area contributed by atoms with Crippen LogP contribution in [0.15, 0.2) is 53.3 Å². The molecule has 5 nitrogen and oxygen atoms in total. The van der Waals surface area contributed by atoms with Gasteiger partial charge in [-0.25, -0.2) is 4.79 Å². The van der Waals surface area contributed by atoms with Gasteiger partial charge in [0.25, 0.3) is 0 Å². The molecule has 0 aliphatic carbocycles. The maximum atomic E-state index is 11.6. The molecule has 0 bridgehead atoms. The predicted octanol–water partition coefficient (Wildman–Crippen LogP) is 3.41. The number of aryl methyl sites for hydroxylation is 1. The summed E-state index contributed by atoms with van der Waals surface area (Å²) in [5.41, 5.74) is 2.57. The summed E-state index contributed by atoms with van der Waals surface area (Å²) in [6.07, 6.45) is 3.24. The Labute approximate surface area is 120 Å². The molecule has 0 aliphatic rings. The molecule has 1 N–H and O–H groups in total. The zero-order chi connectivity index (χ0) is 14.8. The second-order valence-corrected chi connectivity index (χ2v) is 4.60. The van der Waals surface area contributed by atoms with E-state index in [4.69, 9.17) is 4.52 Å². The minimum absolute atomic E-state index is 0.0531. The number of nitrogens with zero attached hydrogens (tertiary/aromatic N) is 2. The van der Waals surface area contributed by atoms with Crippen LogP contribution < -0.4 is 0 Å². The first-order valence-corrected chi connectivity index (χ1v) is 6.38. The van der Waals surface area contributed by atoms with E-state index in [9.17, 15) is 9.90 Å². The fourth-order valence-corrected chi connectivity index (χ4v) is 2.17. The molecule has 0 fully saturated rings. The van der Waals surface area contributed by atoms with Gasteiger partial charge in [0.05, 0.1) is 0 Å². The van der Waals surface area contributed by atoms with E-state index < -0.39 is 5.97 Å². The highest BCUT2D eigenvalue weighted by Crippen LogP contribution is 2.33. The van der Waals surface area contributed by atoms with E-state index in [-0.39, 0.29) is 11.3 Å². The Morgan fingerprint density at radius 2 is 1.95 bits per heavy atom. The van der Waals surface area contributed by atoms with Gasteiger partial charge in [-0.05, 0) is 18.6 Å². The molecule has 1 aromatic carbocycles. The largest absolute Gasteiger partial charge is 0.477 e. The zero-order valence-corrected chi connectivity index (χ0v) is 11.3. The van der Waals surface area contributed by atoms with Gasteiger partial charge in [0.15, 0.2) is 5.76 Å². The van der Waals surface area contributed by atoms with Crippen LogP contribution in [0.5, 0.6) is 0 Å². The van der Waals surface area contributed by atoms with Crippen LogP contribution in [0, 0.1) is 6.92 Å². The second kappa shape index (κ2) is 5.20. The minimum Gasteiger partial charge on any atom is -0.477 e. The Morgan fingerprint density at radius 3 is 2.62 bits per heavy atom. The lowest BCUT2D eigenvalue weighted by molar-refractivity contribution is 0.0698. The van der Waals surface area contributed by atoms with E-state index in [1.54, 1.807) is 30.6 Å². The molecule has 0 radical (unpaired) electrons. The molecule has 0 spiro atoms. The van der Waals surface area contributed by atoms with Gasteiger partial charge in [0.1, 0.15) is 11.3 Å². The fourth-order valence-electron chi connectivity index (χ4n) is 2.17. The van der Waals surface area contributed by atoms with Crippen LogP contribution in [0.4, 0.5) is 0 Å². The van der Waals surface area contributed by atoms with Gasteiger partial charge in [-0.1, -0.05) is 35.5 Å². The lowest BCUT2D eigenvalue weighted by Crippen LogP contribution is -2.00. The molecule has 21 heavy (non-hydrogen) atoms. The number of hydrogen-bond acceptors (Lipinski definition) is 4. The molecule has 104 valence electrons. The molecule has 0 unspecified atom stereocenters. The summed E-state index contributed by atoms with van der Waals surface area (Å²) < 4.78 is 5.29. The maximum absolute atomic E-state index is 11.6. The van der Waals surface area contributed by atoms with Crippen LogP contribution in [0.25, 0.3) is 22.6 Å². The van der Waals surface area contributed by atoms with Crippen molar-refractivity contribution >= 4 is 5.97 Å². The van der Waals surface area contributed by atoms with Crippen LogP contribution >= 0.6 is 0 Å². The highest BCUT2D eigenvalue weighted by molar-refractivity contribution is 6.00. The Balaban J connectivity index is 2.23. The minimum atomic E-state index is -1.08. The molecule has 5 heteroatoms. The molecule has 0 amide bonds. The van der Waals surface area contributed by atoms with Crippen LogP contribution in [0.3, 0.4) is 0 Å². The van der Waals surface area contributed by atoms with Gasteiger partial charge >= 0.3 is 5.97 Å². The molecular formula is C16H12N2O3. The molecule has 0 saturated carbocycles. The van der Waals surface area contributed by atoms with Crippen molar-refractivity contribution < 1.29 is 14.4 Å². The first-order valence-electron chi connectivity index (χ1n) is 6.38. The number of pyridine rings is 1. The topological polar surface area (TPSA) is 76.2 Å². The number of hydrogen-bond donors (Lipinski definition) is 1. The summed E-state index contributed by atoms with van der Waals surface area (Å²) in [7, 11) is 0. The Morgan fingerprint density at radius 1 is 1.19 bits per heavy atom. The van der Waals surface area contributed by atoms with Crippen molar-refractivity contribution in [3.63, 3.8) is 0 Å². The second-order valence-electron chi connectivity index (χ2n) is 4.60. The lowest BCUT2D eigenvalue weighted by Gasteiger charge is -2.02. The summed E-state index contributed by atoms with van der Waals surface area (Å²) in [5, 5.41) is 13.5.